The monoisotopic (exact) mass is 418 g/mol. The number of halogens is 1. The third-order valence-electron chi connectivity index (χ3n) is 3.48. The minimum atomic E-state index is -0.154. The average molecular weight is 419 g/mol. The molecular weight excluding hydrogens is 408 g/mol. The first kappa shape index (κ1) is 15.5. The van der Waals surface area contributed by atoms with E-state index in [0.29, 0.717) is 10.7 Å². The topological polar surface area (TPSA) is 63.0 Å². The zero-order valence-corrected chi connectivity index (χ0v) is 15.7. The number of thiophene rings is 1. The highest BCUT2D eigenvalue weighted by Crippen LogP contribution is 2.32. The second-order valence-electron chi connectivity index (χ2n) is 5.00. The number of hydrogen-bond acceptors (Lipinski definition) is 5. The van der Waals surface area contributed by atoms with Gasteiger partial charge in [0.2, 0.25) is 5.13 Å². The van der Waals surface area contributed by atoms with E-state index in [1.165, 1.54) is 16.0 Å². The molecule has 0 aliphatic rings. The quantitative estimate of drug-likeness (QED) is 0.503. The van der Waals surface area contributed by atoms with Crippen molar-refractivity contribution in [3.05, 3.63) is 56.1 Å². The van der Waals surface area contributed by atoms with Gasteiger partial charge >= 0.3 is 0 Å². The molecule has 0 saturated carbocycles. The largest absolute Gasteiger partial charge is 0.296 e. The van der Waals surface area contributed by atoms with Crippen molar-refractivity contribution < 1.29 is 0 Å². The van der Waals surface area contributed by atoms with Crippen molar-refractivity contribution in [2.75, 3.05) is 7.05 Å². The molecule has 0 fully saturated rings. The van der Waals surface area contributed by atoms with E-state index >= 15 is 0 Å². The third-order valence-corrected chi connectivity index (χ3v) is 6.14. The Hall–Kier alpha value is -2.03. The lowest BCUT2D eigenvalue weighted by Crippen LogP contribution is -2.16. The summed E-state index contributed by atoms with van der Waals surface area (Å²) in [6, 6.07) is 11.8. The molecule has 0 aliphatic carbocycles. The van der Waals surface area contributed by atoms with Crippen LogP contribution in [0.15, 0.2) is 50.0 Å². The summed E-state index contributed by atoms with van der Waals surface area (Å²) in [6.07, 6.45) is 1.59. The maximum absolute atomic E-state index is 12.8. The summed E-state index contributed by atoms with van der Waals surface area (Å²) < 4.78 is 3.54. The number of nitrogens with zero attached hydrogens (tertiary/aromatic N) is 3. The van der Waals surface area contributed by atoms with Crippen LogP contribution in [-0.4, -0.2) is 28.0 Å². The number of H-pyrrole nitrogens is 1. The summed E-state index contributed by atoms with van der Waals surface area (Å²) in [4.78, 5) is 22.4. The highest BCUT2D eigenvalue weighted by atomic mass is 79.9. The standard InChI is InChI=1S/C16H11BrN4OS2/c1-18-8-9-14(12-6-7-13(17)23-12)20-21(15(9)22)16-19-10-4-2-3-5-11(10)24-16/h2-8,20H,1H3. The predicted molar refractivity (Wildman–Crippen MR) is 104 cm³/mol. The highest BCUT2D eigenvalue weighted by Gasteiger charge is 2.18. The van der Waals surface area contributed by atoms with Crippen molar-refractivity contribution in [1.29, 1.82) is 0 Å². The van der Waals surface area contributed by atoms with Crippen LogP contribution >= 0.6 is 38.6 Å². The van der Waals surface area contributed by atoms with Crippen LogP contribution in [0.1, 0.15) is 5.56 Å². The van der Waals surface area contributed by atoms with Gasteiger partial charge in [-0.3, -0.25) is 14.9 Å². The Morgan fingerprint density at radius 3 is 2.79 bits per heavy atom. The number of rotatable bonds is 3. The van der Waals surface area contributed by atoms with Gasteiger partial charge in [-0.1, -0.05) is 23.5 Å². The lowest BCUT2D eigenvalue weighted by molar-refractivity contribution is 0.846. The van der Waals surface area contributed by atoms with Crippen LogP contribution in [-0.2, 0) is 0 Å². The predicted octanol–water partition coefficient (Wildman–Crippen LogP) is 4.32. The normalized spacial score (nSPS) is 11.8. The van der Waals surface area contributed by atoms with E-state index in [-0.39, 0.29) is 5.56 Å². The number of thiazole rings is 1. The lowest BCUT2D eigenvalue weighted by Gasteiger charge is -1.95. The minimum absolute atomic E-state index is 0.154. The van der Waals surface area contributed by atoms with Crippen molar-refractivity contribution in [2.24, 2.45) is 4.99 Å². The van der Waals surface area contributed by atoms with Crippen LogP contribution in [0.5, 0.6) is 0 Å². The number of aromatic nitrogens is 3. The van der Waals surface area contributed by atoms with Gasteiger partial charge in [0.05, 0.1) is 30.1 Å². The van der Waals surface area contributed by atoms with Gasteiger partial charge < -0.3 is 0 Å². The van der Waals surface area contributed by atoms with Gasteiger partial charge in [0, 0.05) is 13.3 Å². The highest BCUT2D eigenvalue weighted by molar-refractivity contribution is 9.11. The van der Waals surface area contributed by atoms with Gasteiger partial charge in [0.15, 0.2) is 0 Å². The van der Waals surface area contributed by atoms with Crippen LogP contribution in [0.25, 0.3) is 25.9 Å². The molecule has 1 N–H and O–H groups in total. The van der Waals surface area contributed by atoms with E-state index in [1.54, 1.807) is 24.6 Å². The molecule has 0 bridgehead atoms. The Morgan fingerprint density at radius 2 is 2.08 bits per heavy atom. The zero-order valence-electron chi connectivity index (χ0n) is 12.5. The summed E-state index contributed by atoms with van der Waals surface area (Å²) in [6.45, 7) is 0. The van der Waals surface area contributed by atoms with Gasteiger partial charge in [-0.25, -0.2) is 4.98 Å². The Morgan fingerprint density at radius 1 is 1.25 bits per heavy atom. The molecule has 0 spiro atoms. The fourth-order valence-corrected chi connectivity index (χ4v) is 4.75. The summed E-state index contributed by atoms with van der Waals surface area (Å²) in [5.41, 5.74) is 2.01. The number of aliphatic imine (C=N–C) groups is 1. The fourth-order valence-electron chi connectivity index (χ4n) is 2.43. The van der Waals surface area contributed by atoms with Crippen LogP contribution in [0.2, 0.25) is 0 Å². The van der Waals surface area contributed by atoms with E-state index in [1.807, 2.05) is 36.4 Å². The Bertz CT molecular complexity index is 1090. The van der Waals surface area contributed by atoms with E-state index in [4.69, 9.17) is 0 Å². The average Bonchev–Trinajstić information content (AvgIpc) is 3.26. The van der Waals surface area contributed by atoms with E-state index < -0.39 is 0 Å². The molecule has 4 aromatic rings. The molecule has 0 atom stereocenters. The number of fused-ring (bicyclic) bond motifs is 1. The first-order chi connectivity index (χ1) is 11.7. The van der Waals surface area contributed by atoms with Crippen molar-refractivity contribution in [3.8, 4) is 15.7 Å². The fraction of sp³-hybridized carbons (Fsp3) is 0.0625. The summed E-state index contributed by atoms with van der Waals surface area (Å²) in [5.74, 6) is 0. The maximum atomic E-state index is 12.8. The van der Waals surface area contributed by atoms with Gasteiger partial charge in [0.1, 0.15) is 0 Å². The number of para-hydroxylation sites is 1. The zero-order chi connectivity index (χ0) is 16.7. The minimum Gasteiger partial charge on any atom is -0.296 e. The number of aromatic amines is 1. The van der Waals surface area contributed by atoms with Crippen LogP contribution in [0.4, 0.5) is 0 Å². The number of nitrogens with one attached hydrogen (secondary N) is 1. The maximum Gasteiger partial charge on any atom is 0.282 e. The second kappa shape index (κ2) is 6.12. The van der Waals surface area contributed by atoms with Crippen molar-refractivity contribution in [3.63, 3.8) is 0 Å². The van der Waals surface area contributed by atoms with Gasteiger partial charge in [-0.05, 0) is 40.2 Å². The number of hydrogen-bond donors (Lipinski definition) is 1. The summed E-state index contributed by atoms with van der Waals surface area (Å²) in [7, 11) is 1.66. The lowest BCUT2D eigenvalue weighted by atomic mass is 10.2. The molecule has 0 amide bonds. The van der Waals surface area contributed by atoms with Crippen molar-refractivity contribution >= 4 is 55.0 Å². The molecule has 3 aromatic heterocycles. The van der Waals surface area contributed by atoms with Crippen LogP contribution in [0, 0.1) is 0 Å². The molecule has 5 nitrogen and oxygen atoms in total. The summed E-state index contributed by atoms with van der Waals surface area (Å²) in [5, 5.41) is 3.81. The Balaban J connectivity index is 1.94. The van der Waals surface area contributed by atoms with E-state index in [0.717, 1.165) is 24.6 Å². The molecule has 8 heteroatoms. The van der Waals surface area contributed by atoms with E-state index in [2.05, 4.69) is 31.0 Å². The first-order valence-electron chi connectivity index (χ1n) is 7.06. The molecule has 24 heavy (non-hydrogen) atoms. The van der Waals surface area contributed by atoms with Crippen LogP contribution < -0.4 is 5.56 Å². The Labute approximate surface area is 153 Å². The molecular formula is C16H11BrN4OS2. The second-order valence-corrected chi connectivity index (χ2v) is 8.47. The molecule has 0 unspecified atom stereocenters. The Kier molecular flexibility index (Phi) is 3.95. The molecule has 0 aliphatic heterocycles. The van der Waals surface area contributed by atoms with Crippen molar-refractivity contribution in [2.45, 2.75) is 0 Å². The number of benzene rings is 1. The van der Waals surface area contributed by atoms with Gasteiger partial charge in [-0.15, -0.1) is 11.3 Å². The summed E-state index contributed by atoms with van der Waals surface area (Å²) >= 11 is 6.50. The first-order valence-corrected chi connectivity index (χ1v) is 9.49. The van der Waals surface area contributed by atoms with E-state index in [9.17, 15) is 4.79 Å². The molecule has 0 radical (unpaired) electrons. The molecule has 3 heterocycles. The van der Waals surface area contributed by atoms with Gasteiger partial charge in [-0.2, -0.15) is 4.68 Å². The molecule has 120 valence electrons. The SMILES string of the molecule is CN=Cc1c(-c2ccc(Br)s2)[nH]n(-c2nc3ccccc3s2)c1=O. The van der Waals surface area contributed by atoms with Crippen molar-refractivity contribution in [1.82, 2.24) is 14.8 Å². The van der Waals surface area contributed by atoms with Crippen LogP contribution in [0.3, 0.4) is 0 Å². The smallest absolute Gasteiger partial charge is 0.282 e. The molecule has 0 saturated heterocycles. The third kappa shape index (κ3) is 2.56. The molecule has 4 rings (SSSR count). The van der Waals surface area contributed by atoms with Gasteiger partial charge in [0.25, 0.3) is 5.56 Å². The molecule has 1 aromatic carbocycles.